The molecule has 1 aromatic carbocycles. The number of carbonyl (C=O) groups excluding carboxylic acids is 2. The molecule has 0 unspecified atom stereocenters. The Bertz CT molecular complexity index is 1150. The van der Waals surface area contributed by atoms with E-state index in [1.165, 1.54) is 42.7 Å². The summed E-state index contributed by atoms with van der Waals surface area (Å²) in [6.07, 6.45) is -2.41. The lowest BCUT2D eigenvalue weighted by atomic mass is 10.1. The van der Waals surface area contributed by atoms with Gasteiger partial charge >= 0.3 is 12.1 Å². The summed E-state index contributed by atoms with van der Waals surface area (Å²) in [5.74, 6) is -3.84. The highest BCUT2D eigenvalue weighted by Gasteiger charge is 2.43. The topological polar surface area (TPSA) is 73.2 Å². The molecule has 0 fully saturated rings. The summed E-state index contributed by atoms with van der Waals surface area (Å²) in [4.78, 5) is 27.7. The van der Waals surface area contributed by atoms with Gasteiger partial charge in [-0.15, -0.1) is 0 Å². The van der Waals surface area contributed by atoms with E-state index in [1.54, 1.807) is 6.07 Å². The van der Waals surface area contributed by atoms with Crippen LogP contribution in [0.2, 0.25) is 0 Å². The third-order valence-corrected chi connectivity index (χ3v) is 4.56. The van der Waals surface area contributed by atoms with E-state index >= 15 is 0 Å². The van der Waals surface area contributed by atoms with Crippen molar-refractivity contribution in [3.63, 3.8) is 0 Å². The molecule has 30 heavy (non-hydrogen) atoms. The lowest BCUT2D eigenvalue weighted by molar-refractivity contribution is -0.190. The minimum absolute atomic E-state index is 0.0930. The summed E-state index contributed by atoms with van der Waals surface area (Å²) >= 11 is 0. The zero-order valence-corrected chi connectivity index (χ0v) is 15.2. The van der Waals surface area contributed by atoms with E-state index in [0.29, 0.717) is 0 Å². The van der Waals surface area contributed by atoms with Crippen LogP contribution < -0.4 is 10.1 Å². The maximum Gasteiger partial charge on any atom is 0.491 e. The van der Waals surface area contributed by atoms with Gasteiger partial charge in [0, 0.05) is 30.1 Å². The second-order valence-corrected chi connectivity index (χ2v) is 6.47. The van der Waals surface area contributed by atoms with Gasteiger partial charge in [0.25, 0.3) is 5.91 Å². The molecule has 4 rings (SSSR count). The molecule has 2 aromatic heterocycles. The van der Waals surface area contributed by atoms with Gasteiger partial charge in [-0.3, -0.25) is 14.3 Å². The van der Waals surface area contributed by atoms with Crippen molar-refractivity contribution in [1.29, 1.82) is 0 Å². The Morgan fingerprint density at radius 3 is 2.67 bits per heavy atom. The normalized spacial score (nSPS) is 13.5. The van der Waals surface area contributed by atoms with Crippen LogP contribution in [0.3, 0.4) is 0 Å². The molecule has 6 nitrogen and oxygen atoms in total. The van der Waals surface area contributed by atoms with Crippen molar-refractivity contribution in [2.24, 2.45) is 0 Å². The molecule has 3 heterocycles. The van der Waals surface area contributed by atoms with Crippen LogP contribution in [-0.4, -0.2) is 34.1 Å². The van der Waals surface area contributed by atoms with Crippen LogP contribution in [0, 0.1) is 5.82 Å². The zero-order valence-electron chi connectivity index (χ0n) is 15.2. The number of fused-ring (bicyclic) bond motifs is 1. The lowest BCUT2D eigenvalue weighted by Gasteiger charge is -2.15. The SMILES string of the molecule is O=C1NCCc2c1cn(-c1ccnc(-c3ccccc3F)c1)c2OC(=O)C(F)(F)F. The molecule has 154 valence electrons. The van der Waals surface area contributed by atoms with Crippen LogP contribution in [0.1, 0.15) is 15.9 Å². The van der Waals surface area contributed by atoms with Crippen molar-refractivity contribution >= 4 is 11.9 Å². The fourth-order valence-corrected chi connectivity index (χ4v) is 3.19. The standard InChI is InChI=1S/C20H13F4N3O3/c21-15-4-2-1-3-13(15)16-9-11(5-7-25-16)27-10-14-12(6-8-26-17(14)28)18(27)30-19(29)20(22,23)24/h1-5,7,9-10H,6,8H2,(H,26,28). The summed E-state index contributed by atoms with van der Waals surface area (Å²) in [5, 5.41) is 2.58. The van der Waals surface area contributed by atoms with Crippen molar-refractivity contribution in [3.05, 3.63) is 65.7 Å². The number of carbonyl (C=O) groups is 2. The van der Waals surface area contributed by atoms with E-state index in [4.69, 9.17) is 0 Å². The van der Waals surface area contributed by atoms with Gasteiger partial charge in [0.2, 0.25) is 5.88 Å². The van der Waals surface area contributed by atoms with Crippen molar-refractivity contribution < 1.29 is 31.9 Å². The van der Waals surface area contributed by atoms with E-state index in [-0.39, 0.29) is 41.0 Å². The Morgan fingerprint density at radius 1 is 1.17 bits per heavy atom. The largest absolute Gasteiger partial charge is 0.491 e. The number of halogens is 4. The smallest absolute Gasteiger partial charge is 0.402 e. The van der Waals surface area contributed by atoms with E-state index < -0.39 is 29.7 Å². The van der Waals surface area contributed by atoms with E-state index in [2.05, 4.69) is 15.0 Å². The molecule has 1 N–H and O–H groups in total. The highest BCUT2D eigenvalue weighted by Crippen LogP contribution is 2.33. The maximum absolute atomic E-state index is 14.1. The number of aromatic nitrogens is 2. The Balaban J connectivity index is 1.85. The van der Waals surface area contributed by atoms with Crippen LogP contribution in [-0.2, 0) is 11.2 Å². The molecule has 0 radical (unpaired) electrons. The van der Waals surface area contributed by atoms with E-state index in [1.807, 2.05) is 0 Å². The molecule has 0 saturated carbocycles. The molecule has 0 bridgehead atoms. The highest BCUT2D eigenvalue weighted by molar-refractivity contribution is 5.98. The van der Waals surface area contributed by atoms with Gasteiger partial charge in [0.1, 0.15) is 5.82 Å². The monoisotopic (exact) mass is 419 g/mol. The third kappa shape index (κ3) is 3.51. The molecular formula is C20H13F4N3O3. The van der Waals surface area contributed by atoms with E-state index in [9.17, 15) is 27.2 Å². The van der Waals surface area contributed by atoms with Gasteiger partial charge in [-0.25, -0.2) is 9.18 Å². The first-order chi connectivity index (χ1) is 14.3. The fraction of sp³-hybridized carbons (Fsp3) is 0.150. The van der Waals surface area contributed by atoms with Gasteiger partial charge in [-0.05, 0) is 30.7 Å². The van der Waals surface area contributed by atoms with Crippen LogP contribution in [0.25, 0.3) is 16.9 Å². The molecule has 0 saturated heterocycles. The fourth-order valence-electron chi connectivity index (χ4n) is 3.19. The molecule has 1 aliphatic rings. The minimum Gasteiger partial charge on any atom is -0.402 e. The Kier molecular flexibility index (Phi) is 4.76. The third-order valence-electron chi connectivity index (χ3n) is 4.56. The average Bonchev–Trinajstić information content (AvgIpc) is 3.08. The Labute approximate surface area is 167 Å². The lowest BCUT2D eigenvalue weighted by Crippen LogP contribution is -2.32. The summed E-state index contributed by atoms with van der Waals surface area (Å²) in [7, 11) is 0. The molecule has 1 amide bonds. The van der Waals surface area contributed by atoms with Gasteiger partial charge in [-0.2, -0.15) is 13.2 Å². The van der Waals surface area contributed by atoms with Crippen LogP contribution >= 0.6 is 0 Å². The number of ether oxygens (including phenoxy) is 1. The summed E-state index contributed by atoms with van der Waals surface area (Å²) in [6, 6.07) is 8.74. The predicted octanol–water partition coefficient (Wildman–Crippen LogP) is 3.43. The number of nitrogens with zero attached hydrogens (tertiary/aromatic N) is 2. The average molecular weight is 419 g/mol. The van der Waals surface area contributed by atoms with E-state index in [0.717, 1.165) is 4.57 Å². The van der Waals surface area contributed by atoms with Crippen molar-refractivity contribution in [3.8, 4) is 22.8 Å². The number of nitrogens with one attached hydrogen (secondary N) is 1. The molecular weight excluding hydrogens is 406 g/mol. The number of esters is 1. The quantitative estimate of drug-likeness (QED) is 0.522. The first-order valence-corrected chi connectivity index (χ1v) is 8.78. The summed E-state index contributed by atoms with van der Waals surface area (Å²) in [6.45, 7) is 0.184. The number of alkyl halides is 3. The second-order valence-electron chi connectivity index (χ2n) is 6.47. The van der Waals surface area contributed by atoms with Gasteiger partial charge in [-0.1, -0.05) is 12.1 Å². The van der Waals surface area contributed by atoms with Crippen molar-refractivity contribution in [2.45, 2.75) is 12.6 Å². The molecule has 1 aliphatic heterocycles. The predicted molar refractivity (Wildman–Crippen MR) is 96.7 cm³/mol. The summed E-state index contributed by atoms with van der Waals surface area (Å²) in [5.41, 5.74) is 0.921. The van der Waals surface area contributed by atoms with Crippen molar-refractivity contribution in [1.82, 2.24) is 14.9 Å². The summed E-state index contributed by atoms with van der Waals surface area (Å²) < 4.78 is 58.3. The first-order valence-electron chi connectivity index (χ1n) is 8.78. The minimum atomic E-state index is -5.21. The molecule has 10 heteroatoms. The highest BCUT2D eigenvalue weighted by atomic mass is 19.4. The van der Waals surface area contributed by atoms with Gasteiger partial charge in [0.05, 0.1) is 16.9 Å². The first kappa shape index (κ1) is 19.6. The molecule has 3 aromatic rings. The number of benzene rings is 1. The van der Waals surface area contributed by atoms with Crippen LogP contribution in [0.5, 0.6) is 5.88 Å². The number of pyridine rings is 1. The molecule has 0 aliphatic carbocycles. The number of hydrogen-bond acceptors (Lipinski definition) is 4. The second kappa shape index (κ2) is 7.29. The Hall–Kier alpha value is -3.69. The molecule has 0 atom stereocenters. The van der Waals surface area contributed by atoms with Crippen LogP contribution in [0.4, 0.5) is 17.6 Å². The number of hydrogen-bond donors (Lipinski definition) is 1. The zero-order chi connectivity index (χ0) is 21.5. The Morgan fingerprint density at radius 2 is 1.93 bits per heavy atom. The van der Waals surface area contributed by atoms with Gasteiger partial charge in [0.15, 0.2) is 0 Å². The van der Waals surface area contributed by atoms with Crippen molar-refractivity contribution in [2.75, 3.05) is 6.54 Å². The number of amides is 1. The van der Waals surface area contributed by atoms with Crippen LogP contribution in [0.15, 0.2) is 48.8 Å². The molecule has 0 spiro atoms. The maximum atomic E-state index is 14.1. The number of rotatable bonds is 3. The van der Waals surface area contributed by atoms with Gasteiger partial charge < -0.3 is 10.1 Å².